The van der Waals surface area contributed by atoms with Crippen molar-refractivity contribution >= 4 is 51.8 Å². The molecule has 1 aromatic heterocycles. The Bertz CT molecular complexity index is 1670. The van der Waals surface area contributed by atoms with E-state index in [1.54, 1.807) is 34.6 Å². The molecule has 216 valence electrons. The van der Waals surface area contributed by atoms with Crippen LogP contribution in [-0.2, 0) is 17.9 Å². The van der Waals surface area contributed by atoms with Crippen molar-refractivity contribution in [3.05, 3.63) is 97.4 Å². The van der Waals surface area contributed by atoms with Crippen LogP contribution in [0.25, 0.3) is 6.08 Å². The van der Waals surface area contributed by atoms with Crippen LogP contribution in [0.4, 0.5) is 15.9 Å². The van der Waals surface area contributed by atoms with Gasteiger partial charge in [-0.3, -0.25) is 19.1 Å². The second-order valence-electron chi connectivity index (χ2n) is 10.5. The first-order valence-corrected chi connectivity index (χ1v) is 15.2. The topological polar surface area (TPSA) is 72.6 Å². The molecule has 2 aromatic carbocycles. The number of hydrogen-bond acceptors (Lipinski definition) is 7. The molecule has 0 atom stereocenters. The van der Waals surface area contributed by atoms with Gasteiger partial charge in [0.25, 0.3) is 11.5 Å². The van der Waals surface area contributed by atoms with Crippen molar-refractivity contribution in [1.82, 2.24) is 9.47 Å². The third-order valence-corrected chi connectivity index (χ3v) is 9.05. The zero-order valence-electron chi connectivity index (χ0n) is 23.9. The number of aromatic nitrogens is 1. The lowest BCUT2D eigenvalue weighted by atomic mass is 10.0. The first-order chi connectivity index (χ1) is 20.2. The number of hydrogen-bond donors (Lipinski definition) is 0. The number of halogens is 1. The standard InChI is InChI=1S/C32H32FN5O2S2/c1-4-13-37-29(36-16-14-35(15-17-36)27-8-6-5-7-26(27)33)24(22(3)25(19-34)30(37)39)18-28-31(40)38(32(41)42-28)20-23-11-9-21(2)10-12-23/h5-12,18H,4,13-17,20H2,1-3H3. The lowest BCUT2D eigenvalue weighted by molar-refractivity contribution is -0.122. The van der Waals surface area contributed by atoms with Crippen molar-refractivity contribution in [2.24, 2.45) is 0 Å². The molecule has 10 heteroatoms. The largest absolute Gasteiger partial charge is 0.366 e. The van der Waals surface area contributed by atoms with Gasteiger partial charge in [0, 0.05) is 38.3 Å². The van der Waals surface area contributed by atoms with Crippen LogP contribution in [-0.4, -0.2) is 45.9 Å². The average Bonchev–Trinajstić information content (AvgIpc) is 3.25. The molecule has 2 saturated heterocycles. The maximum Gasteiger partial charge on any atom is 0.270 e. The number of para-hydroxylation sites is 1. The van der Waals surface area contributed by atoms with Gasteiger partial charge < -0.3 is 9.80 Å². The molecule has 2 aliphatic rings. The highest BCUT2D eigenvalue weighted by molar-refractivity contribution is 8.26. The van der Waals surface area contributed by atoms with E-state index in [0.29, 0.717) is 77.5 Å². The van der Waals surface area contributed by atoms with E-state index in [9.17, 15) is 19.2 Å². The number of amides is 1. The van der Waals surface area contributed by atoms with E-state index < -0.39 is 0 Å². The molecular formula is C32H32FN5O2S2. The molecule has 5 rings (SSSR count). The highest BCUT2D eigenvalue weighted by Crippen LogP contribution is 2.37. The van der Waals surface area contributed by atoms with Gasteiger partial charge in [0.2, 0.25) is 0 Å². The molecule has 0 aliphatic carbocycles. The predicted molar refractivity (Wildman–Crippen MR) is 171 cm³/mol. The average molecular weight is 602 g/mol. The number of nitrogens with zero attached hydrogens (tertiary/aromatic N) is 5. The molecule has 7 nitrogen and oxygen atoms in total. The van der Waals surface area contributed by atoms with E-state index in [1.807, 2.05) is 49.1 Å². The minimum Gasteiger partial charge on any atom is -0.366 e. The van der Waals surface area contributed by atoms with Gasteiger partial charge in [-0.25, -0.2) is 4.39 Å². The summed E-state index contributed by atoms with van der Waals surface area (Å²) < 4.78 is 16.6. The van der Waals surface area contributed by atoms with Crippen molar-refractivity contribution < 1.29 is 9.18 Å². The Morgan fingerprint density at radius 3 is 2.33 bits per heavy atom. The zero-order valence-corrected chi connectivity index (χ0v) is 25.5. The maximum absolute atomic E-state index is 14.5. The number of anilines is 2. The maximum atomic E-state index is 14.5. The Balaban J connectivity index is 1.53. The molecule has 0 saturated carbocycles. The van der Waals surface area contributed by atoms with E-state index in [1.165, 1.54) is 17.8 Å². The number of piperazine rings is 1. The summed E-state index contributed by atoms with van der Waals surface area (Å²) >= 11 is 6.84. The van der Waals surface area contributed by atoms with Crippen molar-refractivity contribution in [2.45, 2.75) is 40.3 Å². The summed E-state index contributed by atoms with van der Waals surface area (Å²) in [6.45, 7) is 8.73. The first-order valence-electron chi connectivity index (χ1n) is 14.0. The first kappa shape index (κ1) is 29.5. The third kappa shape index (κ3) is 5.72. The van der Waals surface area contributed by atoms with E-state index >= 15 is 0 Å². The fourth-order valence-electron chi connectivity index (χ4n) is 5.43. The number of benzene rings is 2. The molecule has 0 N–H and O–H groups in total. The molecule has 0 spiro atoms. The number of carbonyl (C=O) groups excluding carboxylic acids is 1. The quantitative estimate of drug-likeness (QED) is 0.257. The lowest BCUT2D eigenvalue weighted by Crippen LogP contribution is -2.49. The van der Waals surface area contributed by atoms with Crippen LogP contribution in [0.1, 0.15) is 41.2 Å². The number of carbonyl (C=O) groups is 1. The SMILES string of the molecule is CCCn1c(N2CCN(c3ccccc3F)CC2)c(C=C2SC(=S)N(Cc3ccc(C)cc3)C2=O)c(C)c(C#N)c1=O. The van der Waals surface area contributed by atoms with Gasteiger partial charge >= 0.3 is 0 Å². The Kier molecular flexibility index (Phi) is 8.80. The van der Waals surface area contributed by atoms with Crippen molar-refractivity contribution in [3.8, 4) is 6.07 Å². The number of pyridine rings is 1. The van der Waals surface area contributed by atoms with Gasteiger partial charge in [-0.15, -0.1) is 0 Å². The van der Waals surface area contributed by atoms with Crippen molar-refractivity contribution in [2.75, 3.05) is 36.0 Å². The summed E-state index contributed by atoms with van der Waals surface area (Å²) in [6.07, 6.45) is 2.48. The summed E-state index contributed by atoms with van der Waals surface area (Å²) in [6, 6.07) is 16.8. The van der Waals surface area contributed by atoms with E-state index in [0.717, 1.165) is 11.1 Å². The molecule has 1 amide bonds. The normalized spacial score (nSPS) is 16.5. The Labute approximate surface area is 254 Å². The van der Waals surface area contributed by atoms with Gasteiger partial charge in [0.15, 0.2) is 0 Å². The highest BCUT2D eigenvalue weighted by Gasteiger charge is 2.34. The van der Waals surface area contributed by atoms with Crippen LogP contribution in [0.15, 0.2) is 58.2 Å². The Morgan fingerprint density at radius 1 is 1.02 bits per heavy atom. The van der Waals surface area contributed by atoms with Crippen LogP contribution in [0, 0.1) is 31.0 Å². The van der Waals surface area contributed by atoms with Gasteiger partial charge in [0.1, 0.15) is 27.6 Å². The van der Waals surface area contributed by atoms with Crippen LogP contribution < -0.4 is 15.4 Å². The van der Waals surface area contributed by atoms with Gasteiger partial charge in [-0.05, 0) is 49.6 Å². The van der Waals surface area contributed by atoms with Crippen LogP contribution in [0.2, 0.25) is 0 Å². The molecule has 0 radical (unpaired) electrons. The molecule has 3 heterocycles. The number of rotatable bonds is 7. The molecule has 2 fully saturated rings. The summed E-state index contributed by atoms with van der Waals surface area (Å²) in [7, 11) is 0. The van der Waals surface area contributed by atoms with E-state index in [4.69, 9.17) is 12.2 Å². The zero-order chi connectivity index (χ0) is 30.0. The summed E-state index contributed by atoms with van der Waals surface area (Å²) in [5.41, 5.74) is 3.59. The number of aryl methyl sites for hydroxylation is 1. The van der Waals surface area contributed by atoms with E-state index in [-0.39, 0.29) is 22.8 Å². The molecule has 0 unspecified atom stereocenters. The van der Waals surface area contributed by atoms with E-state index in [2.05, 4.69) is 11.0 Å². The Morgan fingerprint density at radius 2 is 1.69 bits per heavy atom. The van der Waals surface area contributed by atoms with Crippen LogP contribution >= 0.6 is 24.0 Å². The lowest BCUT2D eigenvalue weighted by Gasteiger charge is -2.39. The molecule has 2 aliphatic heterocycles. The number of thioether (sulfide) groups is 1. The number of nitriles is 1. The highest BCUT2D eigenvalue weighted by atomic mass is 32.2. The van der Waals surface area contributed by atoms with Crippen molar-refractivity contribution in [3.63, 3.8) is 0 Å². The smallest absolute Gasteiger partial charge is 0.270 e. The summed E-state index contributed by atoms with van der Waals surface area (Å²) in [4.78, 5) is 33.3. The van der Waals surface area contributed by atoms with Crippen molar-refractivity contribution in [1.29, 1.82) is 5.26 Å². The second kappa shape index (κ2) is 12.5. The summed E-state index contributed by atoms with van der Waals surface area (Å²) in [5, 5.41) is 9.94. The molecule has 42 heavy (non-hydrogen) atoms. The monoisotopic (exact) mass is 601 g/mol. The third-order valence-electron chi connectivity index (χ3n) is 7.68. The van der Waals surface area contributed by atoms with Crippen LogP contribution in [0.5, 0.6) is 0 Å². The fraction of sp³-hybridized carbons (Fsp3) is 0.312. The number of thiocarbonyl (C=S) groups is 1. The second-order valence-corrected chi connectivity index (χ2v) is 12.2. The Hall–Kier alpha value is -3.94. The molecule has 3 aromatic rings. The minimum absolute atomic E-state index is 0.0681. The van der Waals surface area contributed by atoms with Gasteiger partial charge in [-0.1, -0.05) is 72.9 Å². The van der Waals surface area contributed by atoms with Gasteiger partial charge in [-0.2, -0.15) is 5.26 Å². The summed E-state index contributed by atoms with van der Waals surface area (Å²) in [5.74, 6) is 0.207. The molecular weight excluding hydrogens is 570 g/mol. The van der Waals surface area contributed by atoms with Crippen LogP contribution in [0.3, 0.4) is 0 Å². The minimum atomic E-state index is -0.340. The molecule has 0 bridgehead atoms. The van der Waals surface area contributed by atoms with Gasteiger partial charge in [0.05, 0.1) is 17.1 Å². The predicted octanol–water partition coefficient (Wildman–Crippen LogP) is 5.61. The fourth-order valence-corrected chi connectivity index (χ4v) is 6.66.